The number of hydrogen-bond donors (Lipinski definition) is 2. The van der Waals surface area contributed by atoms with Gasteiger partial charge in [0.2, 0.25) is 5.91 Å². The van der Waals surface area contributed by atoms with Gasteiger partial charge in [-0.3, -0.25) is 9.59 Å². The van der Waals surface area contributed by atoms with Gasteiger partial charge in [-0.05, 0) is 23.6 Å². The SMILES string of the molecule is CC1(C)[C@H](C(=O)O)[C@@H]1C(=O)Nc1ccccc1-n1cccn1. The summed E-state index contributed by atoms with van der Waals surface area (Å²) < 4.78 is 1.66. The van der Waals surface area contributed by atoms with E-state index in [-0.39, 0.29) is 5.91 Å². The lowest BCUT2D eigenvalue weighted by Crippen LogP contribution is -2.19. The number of carbonyl (C=O) groups is 2. The van der Waals surface area contributed by atoms with Gasteiger partial charge in [0.1, 0.15) is 0 Å². The Morgan fingerprint density at radius 3 is 2.55 bits per heavy atom. The van der Waals surface area contributed by atoms with Crippen molar-refractivity contribution in [2.24, 2.45) is 17.3 Å². The van der Waals surface area contributed by atoms with Crippen LogP contribution in [0.4, 0.5) is 5.69 Å². The maximum Gasteiger partial charge on any atom is 0.307 e. The first-order valence-corrected chi connectivity index (χ1v) is 7.05. The number of nitrogens with one attached hydrogen (secondary N) is 1. The summed E-state index contributed by atoms with van der Waals surface area (Å²) in [5.41, 5.74) is 0.838. The Morgan fingerprint density at radius 1 is 1.23 bits per heavy atom. The third kappa shape index (κ3) is 2.26. The van der Waals surface area contributed by atoms with E-state index < -0.39 is 23.2 Å². The normalized spacial score (nSPS) is 22.1. The van der Waals surface area contributed by atoms with Gasteiger partial charge >= 0.3 is 5.97 Å². The second-order valence-electron chi connectivity index (χ2n) is 6.07. The summed E-state index contributed by atoms with van der Waals surface area (Å²) in [5, 5.41) is 16.2. The average molecular weight is 299 g/mol. The molecule has 0 radical (unpaired) electrons. The minimum absolute atomic E-state index is 0.267. The van der Waals surface area contributed by atoms with Crippen molar-refractivity contribution < 1.29 is 14.7 Å². The van der Waals surface area contributed by atoms with E-state index in [1.54, 1.807) is 43.1 Å². The standard InChI is InChI=1S/C16H17N3O3/c1-16(2)12(13(16)15(21)22)14(20)18-10-6-3-4-7-11(10)19-9-5-8-17-19/h3-9,12-13H,1-2H3,(H,18,20)(H,21,22)/t12-,13+/m1/s1. The zero-order chi connectivity index (χ0) is 15.9. The van der Waals surface area contributed by atoms with Gasteiger partial charge in [-0.1, -0.05) is 26.0 Å². The number of nitrogens with zero attached hydrogens (tertiary/aromatic N) is 2. The number of amides is 1. The van der Waals surface area contributed by atoms with Crippen molar-refractivity contribution in [3.8, 4) is 5.69 Å². The molecule has 1 aliphatic carbocycles. The van der Waals surface area contributed by atoms with E-state index in [1.807, 2.05) is 18.2 Å². The Labute approximate surface area is 127 Å². The fraction of sp³-hybridized carbons (Fsp3) is 0.312. The molecule has 2 aromatic rings. The van der Waals surface area contributed by atoms with Crippen LogP contribution in [0, 0.1) is 17.3 Å². The van der Waals surface area contributed by atoms with Gasteiger partial charge in [0.15, 0.2) is 0 Å². The van der Waals surface area contributed by atoms with Crippen LogP contribution in [-0.4, -0.2) is 26.8 Å². The Hall–Kier alpha value is -2.63. The van der Waals surface area contributed by atoms with Crippen molar-refractivity contribution in [2.45, 2.75) is 13.8 Å². The molecule has 6 nitrogen and oxygen atoms in total. The van der Waals surface area contributed by atoms with Gasteiger partial charge in [-0.2, -0.15) is 5.10 Å². The molecule has 2 N–H and O–H groups in total. The van der Waals surface area contributed by atoms with E-state index in [0.29, 0.717) is 5.69 Å². The second-order valence-corrected chi connectivity index (χ2v) is 6.07. The maximum atomic E-state index is 12.4. The van der Waals surface area contributed by atoms with Crippen LogP contribution in [0.3, 0.4) is 0 Å². The number of aliphatic carboxylic acids is 1. The molecule has 0 unspecified atom stereocenters. The quantitative estimate of drug-likeness (QED) is 0.906. The molecule has 1 aromatic heterocycles. The zero-order valence-electron chi connectivity index (χ0n) is 12.4. The fourth-order valence-electron chi connectivity index (χ4n) is 2.99. The summed E-state index contributed by atoms with van der Waals surface area (Å²) in [7, 11) is 0. The molecule has 2 atom stereocenters. The van der Waals surface area contributed by atoms with Crippen molar-refractivity contribution in [3.05, 3.63) is 42.7 Å². The Bertz CT molecular complexity index is 722. The van der Waals surface area contributed by atoms with Crippen LogP contribution in [0.25, 0.3) is 5.69 Å². The lowest BCUT2D eigenvalue weighted by Gasteiger charge is -2.11. The van der Waals surface area contributed by atoms with E-state index in [0.717, 1.165) is 5.69 Å². The van der Waals surface area contributed by atoms with Crippen LogP contribution in [0.5, 0.6) is 0 Å². The summed E-state index contributed by atoms with van der Waals surface area (Å²) in [5.74, 6) is -2.34. The molecule has 0 spiro atoms. The predicted octanol–water partition coefficient (Wildman–Crippen LogP) is 2.17. The van der Waals surface area contributed by atoms with Crippen LogP contribution in [0.1, 0.15) is 13.8 Å². The molecule has 1 aromatic carbocycles. The Balaban J connectivity index is 1.83. The molecular formula is C16H17N3O3. The minimum Gasteiger partial charge on any atom is -0.481 e. The number of para-hydroxylation sites is 2. The van der Waals surface area contributed by atoms with Crippen LogP contribution in [0.2, 0.25) is 0 Å². The Kier molecular flexibility index (Phi) is 3.24. The predicted molar refractivity (Wildman–Crippen MR) is 80.6 cm³/mol. The van der Waals surface area contributed by atoms with E-state index in [2.05, 4.69) is 10.4 Å². The zero-order valence-corrected chi connectivity index (χ0v) is 12.4. The molecule has 1 heterocycles. The first-order chi connectivity index (χ1) is 10.4. The van der Waals surface area contributed by atoms with Crippen molar-refractivity contribution in [3.63, 3.8) is 0 Å². The van der Waals surface area contributed by atoms with Crippen LogP contribution in [0.15, 0.2) is 42.7 Å². The number of carboxylic acids is 1. The molecule has 0 bridgehead atoms. The molecule has 0 aliphatic heterocycles. The highest BCUT2D eigenvalue weighted by Gasteiger charge is 2.65. The summed E-state index contributed by atoms with van der Waals surface area (Å²) in [6.45, 7) is 3.60. The van der Waals surface area contributed by atoms with Crippen LogP contribution < -0.4 is 5.32 Å². The van der Waals surface area contributed by atoms with Gasteiger partial charge in [-0.15, -0.1) is 0 Å². The summed E-state index contributed by atoms with van der Waals surface area (Å²) in [6.07, 6.45) is 3.44. The van der Waals surface area contributed by atoms with Gasteiger partial charge in [0.25, 0.3) is 0 Å². The van der Waals surface area contributed by atoms with Crippen molar-refractivity contribution in [2.75, 3.05) is 5.32 Å². The lowest BCUT2D eigenvalue weighted by molar-refractivity contribution is -0.140. The number of hydrogen-bond acceptors (Lipinski definition) is 3. The van der Waals surface area contributed by atoms with E-state index in [1.165, 1.54) is 0 Å². The molecule has 1 saturated carbocycles. The average Bonchev–Trinajstić information content (AvgIpc) is 2.84. The Morgan fingerprint density at radius 2 is 1.95 bits per heavy atom. The molecule has 1 fully saturated rings. The third-order valence-electron chi connectivity index (χ3n) is 4.29. The smallest absolute Gasteiger partial charge is 0.307 e. The highest BCUT2D eigenvalue weighted by atomic mass is 16.4. The van der Waals surface area contributed by atoms with Gasteiger partial charge in [-0.25, -0.2) is 4.68 Å². The van der Waals surface area contributed by atoms with E-state index in [4.69, 9.17) is 0 Å². The minimum atomic E-state index is -0.925. The maximum absolute atomic E-state index is 12.4. The fourth-order valence-corrected chi connectivity index (χ4v) is 2.99. The van der Waals surface area contributed by atoms with E-state index >= 15 is 0 Å². The largest absolute Gasteiger partial charge is 0.481 e. The van der Waals surface area contributed by atoms with Gasteiger partial charge in [0.05, 0.1) is 23.2 Å². The molecular weight excluding hydrogens is 282 g/mol. The number of carboxylic acid groups (broad SMARTS) is 1. The lowest BCUT2D eigenvalue weighted by atomic mass is 10.1. The monoisotopic (exact) mass is 299 g/mol. The number of benzene rings is 1. The van der Waals surface area contributed by atoms with E-state index in [9.17, 15) is 14.7 Å². The van der Waals surface area contributed by atoms with Gasteiger partial charge < -0.3 is 10.4 Å². The van der Waals surface area contributed by atoms with Crippen molar-refractivity contribution >= 4 is 17.6 Å². The van der Waals surface area contributed by atoms with Crippen LogP contribution in [-0.2, 0) is 9.59 Å². The molecule has 0 saturated heterocycles. The van der Waals surface area contributed by atoms with Gasteiger partial charge in [0, 0.05) is 12.4 Å². The molecule has 3 rings (SSSR count). The highest BCUT2D eigenvalue weighted by Crippen LogP contribution is 2.58. The third-order valence-corrected chi connectivity index (χ3v) is 4.29. The van der Waals surface area contributed by atoms with Crippen LogP contribution >= 0.6 is 0 Å². The molecule has 1 aliphatic rings. The highest BCUT2D eigenvalue weighted by molar-refractivity contribution is 6.00. The second kappa shape index (κ2) is 4.98. The number of aromatic nitrogens is 2. The summed E-state index contributed by atoms with van der Waals surface area (Å²) >= 11 is 0. The van der Waals surface area contributed by atoms with Crippen molar-refractivity contribution in [1.82, 2.24) is 9.78 Å². The molecule has 1 amide bonds. The first kappa shape index (κ1) is 14.3. The molecule has 22 heavy (non-hydrogen) atoms. The summed E-state index contributed by atoms with van der Waals surface area (Å²) in [6, 6.07) is 9.08. The topological polar surface area (TPSA) is 84.2 Å². The molecule has 114 valence electrons. The number of rotatable bonds is 4. The summed E-state index contributed by atoms with van der Waals surface area (Å²) in [4.78, 5) is 23.6. The number of anilines is 1. The molecule has 6 heteroatoms. The number of carbonyl (C=O) groups excluding carboxylic acids is 1. The first-order valence-electron chi connectivity index (χ1n) is 7.05. The van der Waals surface area contributed by atoms with Crippen molar-refractivity contribution in [1.29, 1.82) is 0 Å².